The average molecular weight is 380 g/mol. The number of tetrazole rings is 1. The molecule has 0 spiro atoms. The minimum absolute atomic E-state index is 0.303. The molecule has 28 heavy (non-hydrogen) atoms. The second-order valence-corrected chi connectivity index (χ2v) is 6.43. The molecule has 9 heteroatoms. The maximum absolute atomic E-state index is 13.7. The van der Waals surface area contributed by atoms with E-state index in [4.69, 9.17) is 0 Å². The first kappa shape index (κ1) is 17.8. The fourth-order valence-corrected chi connectivity index (χ4v) is 3.22. The molecule has 2 aromatic carbocycles. The number of piperazine rings is 1. The highest BCUT2D eigenvalue weighted by molar-refractivity contribution is 5.98. The summed E-state index contributed by atoms with van der Waals surface area (Å²) in [6.07, 6.45) is 0. The number of amides is 2. The van der Waals surface area contributed by atoms with Gasteiger partial charge in [-0.1, -0.05) is 24.3 Å². The van der Waals surface area contributed by atoms with Crippen molar-refractivity contribution in [1.82, 2.24) is 30.4 Å². The van der Waals surface area contributed by atoms with Gasteiger partial charge in [0, 0.05) is 24.2 Å². The van der Waals surface area contributed by atoms with Crippen molar-refractivity contribution < 1.29 is 14.0 Å². The van der Waals surface area contributed by atoms with Crippen LogP contribution < -0.4 is 5.32 Å². The maximum atomic E-state index is 13.7. The molecular weight excluding hydrogens is 363 g/mol. The summed E-state index contributed by atoms with van der Waals surface area (Å²) >= 11 is 0. The van der Waals surface area contributed by atoms with Crippen molar-refractivity contribution in [1.29, 1.82) is 0 Å². The number of nitrogens with one attached hydrogen (secondary N) is 1. The number of aryl methyl sites for hydroxylation is 1. The predicted molar refractivity (Wildman–Crippen MR) is 97.4 cm³/mol. The second-order valence-electron chi connectivity index (χ2n) is 6.43. The smallest absolute Gasteiger partial charge is 0.254 e. The molecule has 0 bridgehead atoms. The first-order chi connectivity index (χ1) is 13.5. The first-order valence-electron chi connectivity index (χ1n) is 8.71. The van der Waals surface area contributed by atoms with Crippen LogP contribution in [0.3, 0.4) is 0 Å². The van der Waals surface area contributed by atoms with Gasteiger partial charge in [-0.25, -0.2) is 4.39 Å². The van der Waals surface area contributed by atoms with Crippen LogP contribution in [0.2, 0.25) is 0 Å². The Kier molecular flexibility index (Phi) is 4.56. The first-order valence-corrected chi connectivity index (χ1v) is 8.71. The molecule has 2 heterocycles. The summed E-state index contributed by atoms with van der Waals surface area (Å²) < 4.78 is 13.7. The van der Waals surface area contributed by atoms with Gasteiger partial charge in [0.25, 0.3) is 5.91 Å². The van der Waals surface area contributed by atoms with Crippen LogP contribution in [0, 0.1) is 5.82 Å². The van der Waals surface area contributed by atoms with E-state index in [9.17, 15) is 14.0 Å². The lowest BCUT2D eigenvalue weighted by atomic mass is 10.0. The van der Waals surface area contributed by atoms with Crippen LogP contribution in [0.15, 0.2) is 48.5 Å². The van der Waals surface area contributed by atoms with E-state index >= 15 is 0 Å². The van der Waals surface area contributed by atoms with E-state index in [0.29, 0.717) is 30.0 Å². The molecule has 1 atom stereocenters. The molecule has 0 aliphatic carbocycles. The molecule has 1 saturated heterocycles. The highest BCUT2D eigenvalue weighted by Crippen LogP contribution is 2.26. The lowest BCUT2D eigenvalue weighted by Gasteiger charge is -2.35. The normalized spacial score (nSPS) is 16.7. The molecular formula is C19H17FN6O2. The molecule has 1 N–H and O–H groups in total. The van der Waals surface area contributed by atoms with Gasteiger partial charge in [-0.15, -0.1) is 10.2 Å². The van der Waals surface area contributed by atoms with Gasteiger partial charge in [0.05, 0.1) is 7.05 Å². The number of aromatic nitrogens is 4. The van der Waals surface area contributed by atoms with Gasteiger partial charge in [-0.2, -0.15) is 4.80 Å². The van der Waals surface area contributed by atoms with Crippen LogP contribution >= 0.6 is 0 Å². The van der Waals surface area contributed by atoms with Gasteiger partial charge >= 0.3 is 0 Å². The number of hydrogen-bond acceptors (Lipinski definition) is 5. The van der Waals surface area contributed by atoms with E-state index in [1.54, 1.807) is 37.4 Å². The Morgan fingerprint density at radius 2 is 2.00 bits per heavy atom. The Labute approximate surface area is 160 Å². The molecule has 2 amide bonds. The van der Waals surface area contributed by atoms with Gasteiger partial charge in [0.15, 0.2) is 0 Å². The van der Waals surface area contributed by atoms with Crippen molar-refractivity contribution in [2.45, 2.75) is 6.04 Å². The van der Waals surface area contributed by atoms with Crippen LogP contribution in [0.25, 0.3) is 11.4 Å². The molecule has 0 unspecified atom stereocenters. The Bertz CT molecular complexity index is 1030. The quantitative estimate of drug-likeness (QED) is 0.740. The third kappa shape index (κ3) is 3.34. The van der Waals surface area contributed by atoms with Gasteiger partial charge in [0.1, 0.15) is 11.9 Å². The van der Waals surface area contributed by atoms with Crippen molar-refractivity contribution >= 4 is 11.8 Å². The van der Waals surface area contributed by atoms with Crippen LogP contribution in [0.1, 0.15) is 22.0 Å². The van der Waals surface area contributed by atoms with Gasteiger partial charge < -0.3 is 10.2 Å². The summed E-state index contributed by atoms with van der Waals surface area (Å²) in [6.45, 7) is 0.678. The SMILES string of the molecule is Cn1nnc(-c2ccc(C(=O)N3CCNC(=O)[C@H]3c3cccc(F)c3)cc2)n1. The second kappa shape index (κ2) is 7.18. The summed E-state index contributed by atoms with van der Waals surface area (Å²) in [7, 11) is 1.67. The molecule has 142 valence electrons. The van der Waals surface area contributed by atoms with Gasteiger partial charge in [-0.05, 0) is 35.0 Å². The Hall–Kier alpha value is -3.62. The Balaban J connectivity index is 1.62. The van der Waals surface area contributed by atoms with E-state index in [1.807, 2.05) is 0 Å². The van der Waals surface area contributed by atoms with Crippen molar-refractivity contribution in [2.24, 2.45) is 7.05 Å². The van der Waals surface area contributed by atoms with Crippen molar-refractivity contribution in [2.75, 3.05) is 13.1 Å². The van der Waals surface area contributed by atoms with E-state index in [1.165, 1.54) is 27.9 Å². The molecule has 1 aliphatic rings. The van der Waals surface area contributed by atoms with Crippen LogP contribution in [-0.2, 0) is 11.8 Å². The van der Waals surface area contributed by atoms with Crippen LogP contribution in [-0.4, -0.2) is 50.0 Å². The molecule has 8 nitrogen and oxygen atoms in total. The summed E-state index contributed by atoms with van der Waals surface area (Å²) in [5, 5.41) is 14.6. The lowest BCUT2D eigenvalue weighted by molar-refractivity contribution is -0.128. The number of benzene rings is 2. The van der Waals surface area contributed by atoms with Crippen LogP contribution in [0.4, 0.5) is 4.39 Å². The zero-order valence-corrected chi connectivity index (χ0v) is 15.0. The molecule has 4 rings (SSSR count). The van der Waals surface area contributed by atoms with Gasteiger partial charge in [-0.3, -0.25) is 9.59 Å². The highest BCUT2D eigenvalue weighted by Gasteiger charge is 2.35. The van der Waals surface area contributed by atoms with Gasteiger partial charge in [0.2, 0.25) is 11.7 Å². The maximum Gasteiger partial charge on any atom is 0.254 e. The number of hydrogen-bond donors (Lipinski definition) is 1. The molecule has 1 fully saturated rings. The number of carbonyl (C=O) groups excluding carboxylic acids is 2. The third-order valence-electron chi connectivity index (χ3n) is 4.54. The van der Waals surface area contributed by atoms with Crippen molar-refractivity contribution in [3.05, 3.63) is 65.5 Å². The molecule has 0 radical (unpaired) electrons. The summed E-state index contributed by atoms with van der Waals surface area (Å²) in [6, 6.07) is 11.6. The zero-order valence-electron chi connectivity index (χ0n) is 15.0. The number of carbonyl (C=O) groups is 2. The van der Waals surface area contributed by atoms with E-state index in [2.05, 4.69) is 20.7 Å². The topological polar surface area (TPSA) is 93.0 Å². The number of halogens is 1. The molecule has 0 saturated carbocycles. The Morgan fingerprint density at radius 1 is 1.21 bits per heavy atom. The summed E-state index contributed by atoms with van der Waals surface area (Å²) in [5.74, 6) is -0.631. The lowest BCUT2D eigenvalue weighted by Crippen LogP contribution is -2.52. The fraction of sp³-hybridized carbons (Fsp3) is 0.211. The minimum atomic E-state index is -0.877. The van der Waals surface area contributed by atoms with E-state index < -0.39 is 11.9 Å². The standard InChI is InChI=1S/C19H17FN6O2/c1-25-23-17(22-24-25)12-5-7-13(8-6-12)19(28)26-10-9-21-18(27)16(26)14-3-2-4-15(20)11-14/h2-8,11,16H,9-10H2,1H3,(H,21,27)/t16-/m1/s1. The van der Waals surface area contributed by atoms with Crippen molar-refractivity contribution in [3.63, 3.8) is 0 Å². The van der Waals surface area contributed by atoms with Crippen molar-refractivity contribution in [3.8, 4) is 11.4 Å². The minimum Gasteiger partial charge on any atom is -0.352 e. The monoisotopic (exact) mass is 380 g/mol. The largest absolute Gasteiger partial charge is 0.352 e. The summed E-state index contributed by atoms with van der Waals surface area (Å²) in [4.78, 5) is 28.3. The summed E-state index contributed by atoms with van der Waals surface area (Å²) in [5.41, 5.74) is 1.58. The molecule has 1 aromatic heterocycles. The molecule has 3 aromatic rings. The zero-order chi connectivity index (χ0) is 19.7. The van der Waals surface area contributed by atoms with Crippen LogP contribution in [0.5, 0.6) is 0 Å². The van der Waals surface area contributed by atoms with E-state index in [0.717, 1.165) is 5.56 Å². The van der Waals surface area contributed by atoms with E-state index in [-0.39, 0.29) is 11.8 Å². The molecule has 1 aliphatic heterocycles. The Morgan fingerprint density at radius 3 is 2.68 bits per heavy atom. The third-order valence-corrected chi connectivity index (χ3v) is 4.54. The predicted octanol–water partition coefficient (Wildman–Crippen LogP) is 1.33. The number of rotatable bonds is 3. The fourth-order valence-electron chi connectivity index (χ4n) is 3.22. The highest BCUT2D eigenvalue weighted by atomic mass is 19.1. The number of nitrogens with zero attached hydrogens (tertiary/aromatic N) is 5. The average Bonchev–Trinajstić information content (AvgIpc) is 3.13.